The second kappa shape index (κ2) is 37.4. The SMILES string of the molecule is Cc1ccc(CCCCN[C@@H](c2ccccc2)[C@@H]([N-]S(=O)(=O)c2ccc(C)cc2)c2ccccc2)cc1.Cc1ccc(S(=O)(=O)[N-][C@@H](c2ccccc2)[C@@H](NCCCCc2cccc(C)c2)c2ccccc2)cc1.[CH3-].[CH3-].[Cl][Ru+3].[Cl][Ru+3]. The molecule has 0 unspecified atom stereocenters. The molecule has 424 valence electrons. The van der Waals surface area contributed by atoms with Crippen LogP contribution >= 0.6 is 19.4 Å². The van der Waals surface area contributed by atoms with Crippen molar-refractivity contribution in [3.8, 4) is 0 Å². The molecule has 80 heavy (non-hydrogen) atoms. The summed E-state index contributed by atoms with van der Waals surface area (Å²) >= 11 is 3.64. The van der Waals surface area contributed by atoms with E-state index in [0.717, 1.165) is 85.0 Å². The summed E-state index contributed by atoms with van der Waals surface area (Å²) in [5.74, 6) is 0. The molecule has 0 amide bonds. The second-order valence-electron chi connectivity index (χ2n) is 19.1. The van der Waals surface area contributed by atoms with Gasteiger partial charge < -0.3 is 34.9 Å². The second-order valence-corrected chi connectivity index (χ2v) is 22.3. The van der Waals surface area contributed by atoms with Gasteiger partial charge in [0.25, 0.3) is 0 Å². The van der Waals surface area contributed by atoms with Crippen LogP contribution in [-0.4, -0.2) is 29.9 Å². The first-order valence-electron chi connectivity index (χ1n) is 26.0. The quantitative estimate of drug-likeness (QED) is 0.0353. The zero-order valence-electron chi connectivity index (χ0n) is 46.6. The van der Waals surface area contributed by atoms with Gasteiger partial charge in [-0.25, -0.2) is 16.8 Å². The maximum absolute atomic E-state index is 13.4. The number of aryl methyl sites for hydroxylation is 6. The minimum absolute atomic E-state index is 0. The zero-order valence-corrected chi connectivity index (χ0v) is 53.2. The zero-order chi connectivity index (χ0) is 56.2. The molecule has 0 aliphatic heterocycles. The molecular formula is C66H76Cl2N4O4Ru2S2+2. The Balaban J connectivity index is 0.000000387. The normalized spacial score (nSPS) is 12.4. The predicted octanol–water partition coefficient (Wildman–Crippen LogP) is 17.2. The number of hydrogen-bond donors (Lipinski definition) is 2. The van der Waals surface area contributed by atoms with Gasteiger partial charge >= 0.3 is 54.0 Å². The molecular weight excluding hydrogens is 1250 g/mol. The van der Waals surface area contributed by atoms with Crippen LogP contribution in [0.3, 0.4) is 0 Å². The Labute approximate surface area is 508 Å². The van der Waals surface area contributed by atoms with Crippen molar-refractivity contribution in [2.24, 2.45) is 0 Å². The van der Waals surface area contributed by atoms with Crippen molar-refractivity contribution >= 4 is 39.4 Å². The average molecular weight is 1330 g/mol. The van der Waals surface area contributed by atoms with Gasteiger partial charge in [-0.15, -0.1) is 0 Å². The third-order valence-corrected chi connectivity index (χ3v) is 15.8. The molecule has 0 aliphatic carbocycles. The van der Waals surface area contributed by atoms with Gasteiger partial charge in [0.1, 0.15) is 20.0 Å². The van der Waals surface area contributed by atoms with Gasteiger partial charge in [-0.3, -0.25) is 0 Å². The van der Waals surface area contributed by atoms with Gasteiger partial charge in [-0.1, -0.05) is 240 Å². The summed E-state index contributed by atoms with van der Waals surface area (Å²) < 4.78 is 62.8. The molecule has 4 atom stereocenters. The summed E-state index contributed by atoms with van der Waals surface area (Å²) in [7, 11) is 1.40. The summed E-state index contributed by atoms with van der Waals surface area (Å²) in [6.07, 6.45) is 6.09. The van der Waals surface area contributed by atoms with Crippen molar-refractivity contribution in [2.45, 2.75) is 100 Å². The van der Waals surface area contributed by atoms with E-state index in [2.05, 4.69) is 102 Å². The van der Waals surface area contributed by atoms with Crippen molar-refractivity contribution in [3.63, 3.8) is 0 Å². The number of hydrogen-bond acceptors (Lipinski definition) is 6. The van der Waals surface area contributed by atoms with E-state index in [9.17, 15) is 16.8 Å². The first-order chi connectivity index (χ1) is 37.8. The van der Waals surface area contributed by atoms with Crippen molar-refractivity contribution in [3.05, 3.63) is 298 Å². The van der Waals surface area contributed by atoms with Gasteiger partial charge in [0.05, 0.1) is 0 Å². The van der Waals surface area contributed by atoms with Crippen molar-refractivity contribution in [1.29, 1.82) is 0 Å². The first-order valence-corrected chi connectivity index (χ1v) is 33.3. The van der Waals surface area contributed by atoms with Crippen LogP contribution in [0.15, 0.2) is 228 Å². The first kappa shape index (κ1) is 69.6. The van der Waals surface area contributed by atoms with Crippen LogP contribution in [0.4, 0.5) is 0 Å². The topological polar surface area (TPSA) is 121 Å². The number of sulfonamides is 2. The van der Waals surface area contributed by atoms with Crippen molar-refractivity contribution in [1.82, 2.24) is 10.6 Å². The van der Waals surface area contributed by atoms with Crippen LogP contribution in [0.5, 0.6) is 0 Å². The summed E-state index contributed by atoms with van der Waals surface area (Å²) in [4.78, 5) is 0.424. The molecule has 8 rings (SSSR count). The van der Waals surface area contributed by atoms with Crippen LogP contribution in [0, 0.1) is 42.5 Å². The Hall–Kier alpha value is -4.67. The third-order valence-electron chi connectivity index (χ3n) is 13.1. The number of benzene rings is 8. The molecule has 0 aromatic heterocycles. The molecule has 0 saturated carbocycles. The Kier molecular flexibility index (Phi) is 32.6. The summed E-state index contributed by atoms with van der Waals surface area (Å²) in [6, 6.07) is 68.7. The van der Waals surface area contributed by atoms with Gasteiger partial charge in [0.2, 0.25) is 0 Å². The van der Waals surface area contributed by atoms with E-state index in [1.807, 2.05) is 170 Å². The summed E-state index contributed by atoms with van der Waals surface area (Å²) in [5, 5.41) is 7.31. The predicted molar refractivity (Wildman–Crippen MR) is 329 cm³/mol. The number of rotatable bonds is 24. The van der Waals surface area contributed by atoms with Crippen LogP contribution in [0.2, 0.25) is 0 Å². The fraction of sp³-hybridized carbons (Fsp3) is 0.242. The minimum atomic E-state index is -3.87. The molecule has 14 heteroatoms. The summed E-state index contributed by atoms with van der Waals surface area (Å²) in [6.45, 7) is 9.62. The standard InChI is InChI=1S/2C32H35N2O2S.2CH3.2ClH.2Ru/c1-25-19-21-30(22-20-25)37(35,36)34-32(29-17-7-4-8-18-29)31(28-15-5-3-6-16-28)33-23-10-9-13-27-14-11-12-26(2)24-27;1-25-16-20-27(21-17-25)11-9-10-24-33-31(28-12-5-3-6-13-28)32(29-14-7-4-8-15-29)34-37(35,36)30-22-18-26(2)19-23-30;;;;;;/h3-8,11-12,14-22,24,31-33H,9-10,13,23H2,1-2H3;3-8,12-23,31-33H,9-11,24H2,1-2H3;2*1H3;2*1H;;/q4*-1;;;2*+4/p-2/t2*31-,32-;;;;;;/m00....../s1. The van der Waals surface area contributed by atoms with Crippen LogP contribution in [-0.2, 0) is 67.5 Å². The molecule has 0 spiro atoms. The Morgan fingerprint density at radius 1 is 0.375 bits per heavy atom. The van der Waals surface area contributed by atoms with E-state index >= 15 is 0 Å². The van der Waals surface area contributed by atoms with Gasteiger partial charge in [-0.2, -0.15) is 0 Å². The van der Waals surface area contributed by atoms with E-state index in [-0.39, 0.29) is 36.7 Å². The van der Waals surface area contributed by atoms with E-state index in [1.54, 1.807) is 48.5 Å². The third kappa shape index (κ3) is 22.9. The molecule has 8 nitrogen and oxygen atoms in total. The maximum atomic E-state index is 13.4. The molecule has 0 radical (unpaired) electrons. The molecule has 0 aliphatic rings. The molecule has 8 aromatic carbocycles. The monoisotopic (exact) mass is 1330 g/mol. The Morgan fingerprint density at radius 3 is 1.05 bits per heavy atom. The van der Waals surface area contributed by atoms with E-state index in [1.165, 1.54) is 22.3 Å². The van der Waals surface area contributed by atoms with Crippen LogP contribution < -0.4 is 10.6 Å². The fourth-order valence-corrected chi connectivity index (χ4v) is 11.2. The van der Waals surface area contributed by atoms with Gasteiger partial charge in [0, 0.05) is 21.9 Å². The number of nitrogens with one attached hydrogen (secondary N) is 2. The van der Waals surface area contributed by atoms with Gasteiger partial charge in [-0.05, 0) is 126 Å². The Morgan fingerprint density at radius 2 is 0.700 bits per heavy atom. The molecule has 0 fully saturated rings. The van der Waals surface area contributed by atoms with E-state index in [0.29, 0.717) is 0 Å². The van der Waals surface area contributed by atoms with Crippen LogP contribution in [0.25, 0.3) is 9.44 Å². The van der Waals surface area contributed by atoms with Gasteiger partial charge in [0.15, 0.2) is 0 Å². The number of nitrogens with zero attached hydrogens (tertiary/aromatic N) is 2. The fourth-order valence-electron chi connectivity index (χ4n) is 8.96. The molecule has 0 saturated heterocycles. The van der Waals surface area contributed by atoms with Crippen LogP contribution in [0.1, 0.15) is 105 Å². The summed E-state index contributed by atoms with van der Waals surface area (Å²) in [5.41, 5.74) is 11.0. The Bertz CT molecular complexity index is 3150. The van der Waals surface area contributed by atoms with E-state index in [4.69, 9.17) is 0 Å². The van der Waals surface area contributed by atoms with Crippen molar-refractivity contribution in [2.75, 3.05) is 13.1 Å². The molecule has 0 heterocycles. The molecule has 2 N–H and O–H groups in total. The number of halogens is 2. The molecule has 0 bridgehead atoms. The average Bonchev–Trinajstić information content (AvgIpc) is 3.54. The number of unbranched alkanes of at least 4 members (excludes halogenated alkanes) is 2. The van der Waals surface area contributed by atoms with E-state index < -0.39 is 32.1 Å². The molecule has 8 aromatic rings. The van der Waals surface area contributed by atoms with Crippen molar-refractivity contribution < 1.29 is 51.5 Å².